The molecule has 342 valence electrons. The summed E-state index contributed by atoms with van der Waals surface area (Å²) in [6.07, 6.45) is 4.05. The average molecular weight is 943 g/mol. The van der Waals surface area contributed by atoms with Crippen molar-refractivity contribution in [3.63, 3.8) is 0 Å². The fraction of sp³-hybridized carbons (Fsp3) is 0.0149. The molecule has 10 aromatic carbocycles. The van der Waals surface area contributed by atoms with Crippen LogP contribution in [0.15, 0.2) is 264 Å². The molecule has 0 amide bonds. The van der Waals surface area contributed by atoms with Crippen LogP contribution in [-0.2, 0) is 0 Å². The number of anilines is 5. The van der Waals surface area contributed by atoms with Crippen molar-refractivity contribution in [3.8, 4) is 33.4 Å². The molecule has 0 spiro atoms. The number of para-hydroxylation sites is 3. The largest absolute Gasteiger partial charge is 0.456 e. The summed E-state index contributed by atoms with van der Waals surface area (Å²) < 4.78 is 15.9. The summed E-state index contributed by atoms with van der Waals surface area (Å²) in [5.74, 6) is 0.775. The number of furan rings is 2. The fourth-order valence-corrected chi connectivity index (χ4v) is 11.4. The number of fused-ring (bicyclic) bond motifs is 7. The molecule has 0 aliphatic carbocycles. The maximum Gasteiger partial charge on any atom is 0.143 e. The first kappa shape index (κ1) is 42.9. The second-order valence-corrected chi connectivity index (χ2v) is 19.2. The number of thiophene rings is 1. The van der Waals surface area contributed by atoms with Crippen LogP contribution in [0.1, 0.15) is 11.3 Å². The minimum absolute atomic E-state index is 0.775. The summed E-state index contributed by atoms with van der Waals surface area (Å²) in [6.45, 7) is 6.60. The van der Waals surface area contributed by atoms with E-state index in [0.717, 1.165) is 106 Å². The van der Waals surface area contributed by atoms with Crippen LogP contribution in [0.3, 0.4) is 0 Å². The molecule has 13 aromatic rings. The summed E-state index contributed by atoms with van der Waals surface area (Å²) in [5.41, 5.74) is 16.0. The molecule has 0 unspecified atom stereocenters. The summed E-state index contributed by atoms with van der Waals surface area (Å²) in [7, 11) is 0. The Morgan fingerprint density at radius 3 is 1.67 bits per heavy atom. The van der Waals surface area contributed by atoms with E-state index in [0.29, 0.717) is 0 Å². The first-order valence-electron chi connectivity index (χ1n) is 24.3. The molecule has 0 saturated heterocycles. The highest BCUT2D eigenvalue weighted by Gasteiger charge is 2.23. The lowest BCUT2D eigenvalue weighted by molar-refractivity contribution is 0.600. The van der Waals surface area contributed by atoms with Gasteiger partial charge in [-0.15, -0.1) is 11.3 Å². The van der Waals surface area contributed by atoms with E-state index < -0.39 is 0 Å². The molecule has 3 aromatic heterocycles. The SMILES string of the molecule is C=C/C(=C\c1oc2ccccc2c1C)N(c1ccc(-c2ccccc2)cc1)c1cc(-c2cccc3c2oc2ccccc23)cc(N(c2ccc(-c3ccccc3)cc2)c2ccc3c(c2)sc2ccccc23)c1. The lowest BCUT2D eigenvalue weighted by atomic mass is 9.99. The van der Waals surface area contributed by atoms with E-state index >= 15 is 0 Å². The number of aryl methyl sites for hydroxylation is 1. The van der Waals surface area contributed by atoms with Crippen molar-refractivity contribution in [3.05, 3.63) is 266 Å². The first-order chi connectivity index (χ1) is 35.5. The van der Waals surface area contributed by atoms with Crippen LogP contribution in [0, 0.1) is 6.92 Å². The van der Waals surface area contributed by atoms with Gasteiger partial charge in [0.25, 0.3) is 0 Å². The van der Waals surface area contributed by atoms with Crippen LogP contribution in [-0.4, -0.2) is 0 Å². The van der Waals surface area contributed by atoms with Crippen LogP contribution in [0.5, 0.6) is 0 Å². The van der Waals surface area contributed by atoms with Crippen molar-refractivity contribution in [1.82, 2.24) is 0 Å². The van der Waals surface area contributed by atoms with Gasteiger partial charge >= 0.3 is 0 Å². The van der Waals surface area contributed by atoms with Crippen molar-refractivity contribution in [2.75, 3.05) is 9.80 Å². The zero-order valence-electron chi connectivity index (χ0n) is 39.5. The van der Waals surface area contributed by atoms with Gasteiger partial charge in [-0.25, -0.2) is 0 Å². The Bertz CT molecular complexity index is 4180. The lowest BCUT2D eigenvalue weighted by Crippen LogP contribution is -2.17. The van der Waals surface area contributed by atoms with Crippen molar-refractivity contribution in [1.29, 1.82) is 0 Å². The lowest BCUT2D eigenvalue weighted by Gasteiger charge is -2.31. The van der Waals surface area contributed by atoms with Crippen molar-refractivity contribution >= 4 is 98.9 Å². The van der Waals surface area contributed by atoms with Crippen LogP contribution in [0.25, 0.3) is 92.5 Å². The van der Waals surface area contributed by atoms with Crippen molar-refractivity contribution in [2.24, 2.45) is 0 Å². The Hall–Kier alpha value is -9.16. The number of allylic oxidation sites excluding steroid dienone is 1. The quantitative estimate of drug-likeness (QED) is 0.121. The Morgan fingerprint density at radius 1 is 0.417 bits per heavy atom. The van der Waals surface area contributed by atoms with Crippen LogP contribution in [0.4, 0.5) is 28.4 Å². The van der Waals surface area contributed by atoms with E-state index in [4.69, 9.17) is 8.83 Å². The van der Waals surface area contributed by atoms with Gasteiger partial charge in [-0.2, -0.15) is 0 Å². The number of rotatable bonds is 11. The number of benzene rings is 10. The molecule has 0 aliphatic rings. The van der Waals surface area contributed by atoms with E-state index in [2.05, 4.69) is 242 Å². The molecule has 0 bridgehead atoms. The smallest absolute Gasteiger partial charge is 0.143 e. The number of hydrogen-bond acceptors (Lipinski definition) is 5. The minimum Gasteiger partial charge on any atom is -0.456 e. The van der Waals surface area contributed by atoms with Crippen molar-refractivity contribution in [2.45, 2.75) is 6.92 Å². The minimum atomic E-state index is 0.775. The third-order valence-corrected chi connectivity index (χ3v) is 15.0. The van der Waals surface area contributed by atoms with E-state index in [1.807, 2.05) is 41.7 Å². The molecule has 0 atom stereocenters. The Morgan fingerprint density at radius 2 is 0.972 bits per heavy atom. The van der Waals surface area contributed by atoms with Gasteiger partial charge in [0.15, 0.2) is 0 Å². The molecule has 0 aliphatic heterocycles. The highest BCUT2D eigenvalue weighted by atomic mass is 32.1. The highest BCUT2D eigenvalue weighted by Crippen LogP contribution is 2.47. The summed E-state index contributed by atoms with van der Waals surface area (Å²) in [5, 5.41) is 5.75. The summed E-state index contributed by atoms with van der Waals surface area (Å²) in [6, 6.07) is 84.3. The molecular formula is C67H46N2O2S. The van der Waals surface area contributed by atoms with Gasteiger partial charge in [0.1, 0.15) is 22.5 Å². The van der Waals surface area contributed by atoms with E-state index in [-0.39, 0.29) is 0 Å². The molecule has 0 saturated carbocycles. The van der Waals surface area contributed by atoms with Gasteiger partial charge in [0, 0.05) is 87.7 Å². The molecule has 3 heterocycles. The second kappa shape index (κ2) is 18.0. The molecule has 13 rings (SSSR count). The maximum absolute atomic E-state index is 6.80. The second-order valence-electron chi connectivity index (χ2n) is 18.2. The van der Waals surface area contributed by atoms with Gasteiger partial charge in [-0.05, 0) is 114 Å². The van der Waals surface area contributed by atoms with Gasteiger partial charge in [0.2, 0.25) is 0 Å². The molecule has 0 radical (unpaired) electrons. The average Bonchev–Trinajstić information content (AvgIpc) is 4.12. The first-order valence-corrected chi connectivity index (χ1v) is 25.1. The van der Waals surface area contributed by atoms with Crippen LogP contribution in [0.2, 0.25) is 0 Å². The Labute approximate surface area is 421 Å². The zero-order valence-corrected chi connectivity index (χ0v) is 40.3. The topological polar surface area (TPSA) is 32.8 Å². The molecule has 0 fully saturated rings. The molecular weight excluding hydrogens is 897 g/mol. The predicted octanol–water partition coefficient (Wildman–Crippen LogP) is 19.8. The summed E-state index contributed by atoms with van der Waals surface area (Å²) in [4.78, 5) is 4.69. The zero-order chi connectivity index (χ0) is 48.1. The van der Waals surface area contributed by atoms with E-state index in [1.54, 1.807) is 0 Å². The predicted molar refractivity (Wildman–Crippen MR) is 305 cm³/mol. The van der Waals surface area contributed by atoms with Crippen LogP contribution < -0.4 is 9.80 Å². The van der Waals surface area contributed by atoms with Crippen LogP contribution >= 0.6 is 11.3 Å². The van der Waals surface area contributed by atoms with Crippen molar-refractivity contribution < 1.29 is 8.83 Å². The number of nitrogens with zero attached hydrogens (tertiary/aromatic N) is 2. The Balaban J connectivity index is 1.08. The molecule has 0 N–H and O–H groups in total. The third kappa shape index (κ3) is 7.64. The number of hydrogen-bond donors (Lipinski definition) is 0. The maximum atomic E-state index is 6.80. The van der Waals surface area contributed by atoms with E-state index in [9.17, 15) is 0 Å². The Kier molecular flexibility index (Phi) is 10.7. The highest BCUT2D eigenvalue weighted by molar-refractivity contribution is 7.25. The van der Waals surface area contributed by atoms with Gasteiger partial charge in [-0.3, -0.25) is 0 Å². The monoisotopic (exact) mass is 942 g/mol. The van der Waals surface area contributed by atoms with Gasteiger partial charge in [-0.1, -0.05) is 170 Å². The molecule has 4 nitrogen and oxygen atoms in total. The van der Waals surface area contributed by atoms with Gasteiger partial charge in [0.05, 0.1) is 0 Å². The van der Waals surface area contributed by atoms with E-state index in [1.165, 1.54) is 25.7 Å². The fourth-order valence-electron chi connectivity index (χ4n) is 10.3. The molecule has 72 heavy (non-hydrogen) atoms. The van der Waals surface area contributed by atoms with Gasteiger partial charge < -0.3 is 18.6 Å². The normalized spacial score (nSPS) is 11.8. The standard InChI is InChI=1S/C67H46N2O2S/c1-3-50(42-64-44(2)56-21-10-13-26-62(56)70-64)68(51-33-29-47(30-34-51)45-17-6-4-7-18-45)54-39-49(57-24-16-25-61-58-22-11-14-27-63(58)71-67(57)61)40-55(41-54)69(52-35-31-48(32-36-52)46-19-8-5-9-20-46)53-37-38-60-59-23-12-15-28-65(59)72-66(60)43-53/h3-43H,1H2,2H3/b50-42+. The summed E-state index contributed by atoms with van der Waals surface area (Å²) >= 11 is 1.83. The third-order valence-electron chi connectivity index (χ3n) is 13.8. The molecule has 5 heteroatoms.